The van der Waals surface area contributed by atoms with Gasteiger partial charge in [-0.1, -0.05) is 30.3 Å². The molecule has 1 N–H and O–H groups in total. The lowest BCUT2D eigenvalue weighted by Gasteiger charge is -2.18. The summed E-state index contributed by atoms with van der Waals surface area (Å²) < 4.78 is 1.91. The van der Waals surface area contributed by atoms with E-state index in [0.717, 1.165) is 42.7 Å². The van der Waals surface area contributed by atoms with Crippen molar-refractivity contribution < 1.29 is 0 Å². The summed E-state index contributed by atoms with van der Waals surface area (Å²) in [5, 5.41) is 7.79. The van der Waals surface area contributed by atoms with E-state index < -0.39 is 0 Å². The van der Waals surface area contributed by atoms with Gasteiger partial charge in [0.15, 0.2) is 0 Å². The quantitative estimate of drug-likeness (QED) is 0.763. The van der Waals surface area contributed by atoms with Crippen molar-refractivity contribution in [2.24, 2.45) is 0 Å². The fraction of sp³-hybridized carbons (Fsp3) is 0.368. The molecule has 3 heterocycles. The molecule has 4 rings (SSSR count). The van der Waals surface area contributed by atoms with Gasteiger partial charge in [-0.05, 0) is 26.3 Å². The summed E-state index contributed by atoms with van der Waals surface area (Å²) >= 11 is 0. The summed E-state index contributed by atoms with van der Waals surface area (Å²) in [5.74, 6) is 1.60. The van der Waals surface area contributed by atoms with Crippen molar-refractivity contribution in [1.82, 2.24) is 24.7 Å². The first-order valence-electron chi connectivity index (χ1n) is 9.00. The average Bonchev–Trinajstić information content (AvgIpc) is 3.33. The molecule has 7 heteroatoms. The van der Waals surface area contributed by atoms with Crippen LogP contribution in [0.25, 0.3) is 11.3 Å². The third-order valence-electron chi connectivity index (χ3n) is 4.58. The van der Waals surface area contributed by atoms with Gasteiger partial charge >= 0.3 is 0 Å². The van der Waals surface area contributed by atoms with Crippen molar-refractivity contribution in [3.63, 3.8) is 0 Å². The van der Waals surface area contributed by atoms with Crippen LogP contribution in [-0.4, -0.2) is 43.9 Å². The summed E-state index contributed by atoms with van der Waals surface area (Å²) in [6.07, 6.45) is 4.45. The summed E-state index contributed by atoms with van der Waals surface area (Å²) in [6, 6.07) is 12.7. The van der Waals surface area contributed by atoms with Gasteiger partial charge < -0.3 is 10.2 Å². The van der Waals surface area contributed by atoms with Crippen molar-refractivity contribution in [1.29, 1.82) is 0 Å². The number of nitrogens with one attached hydrogen (secondary N) is 1. The van der Waals surface area contributed by atoms with Gasteiger partial charge in [0.1, 0.15) is 6.33 Å². The number of nitrogens with zero attached hydrogens (tertiary/aromatic N) is 6. The maximum absolute atomic E-state index is 4.76. The number of anilines is 2. The minimum Gasteiger partial charge on any atom is -0.350 e. The SMILES string of the molecule is CC(C)n1ncnc1NC1CCN(c2nccc(-c3ccccc3)n2)C1. The molecule has 1 atom stereocenters. The Labute approximate surface area is 153 Å². The zero-order chi connectivity index (χ0) is 17.9. The zero-order valence-electron chi connectivity index (χ0n) is 15.1. The normalized spacial score (nSPS) is 17.0. The van der Waals surface area contributed by atoms with Gasteiger partial charge in [-0.15, -0.1) is 0 Å². The first-order valence-corrected chi connectivity index (χ1v) is 9.00. The van der Waals surface area contributed by atoms with Crippen LogP contribution < -0.4 is 10.2 Å². The molecule has 0 aliphatic carbocycles. The minimum atomic E-state index is 0.281. The molecule has 0 bridgehead atoms. The summed E-state index contributed by atoms with van der Waals surface area (Å²) in [7, 11) is 0. The molecule has 3 aromatic rings. The van der Waals surface area contributed by atoms with Crippen LogP contribution in [-0.2, 0) is 0 Å². The number of benzene rings is 1. The summed E-state index contributed by atoms with van der Waals surface area (Å²) in [5.41, 5.74) is 2.06. The first kappa shape index (κ1) is 16.5. The van der Waals surface area contributed by atoms with Gasteiger partial charge in [-0.25, -0.2) is 14.6 Å². The lowest BCUT2D eigenvalue weighted by molar-refractivity contribution is 0.533. The molecule has 7 nitrogen and oxygen atoms in total. The number of hydrogen-bond donors (Lipinski definition) is 1. The first-order chi connectivity index (χ1) is 12.7. The van der Waals surface area contributed by atoms with Crippen LogP contribution in [0.5, 0.6) is 0 Å². The third kappa shape index (κ3) is 3.37. The van der Waals surface area contributed by atoms with E-state index in [2.05, 4.69) is 51.3 Å². The van der Waals surface area contributed by atoms with E-state index in [-0.39, 0.29) is 6.04 Å². The van der Waals surface area contributed by atoms with Crippen LogP contribution in [0.1, 0.15) is 26.3 Å². The van der Waals surface area contributed by atoms with E-state index in [1.165, 1.54) is 0 Å². The van der Waals surface area contributed by atoms with Crippen molar-refractivity contribution in [2.45, 2.75) is 32.4 Å². The Morgan fingerprint density at radius 3 is 2.77 bits per heavy atom. The molecule has 1 aliphatic heterocycles. The van der Waals surface area contributed by atoms with E-state index in [1.54, 1.807) is 6.33 Å². The largest absolute Gasteiger partial charge is 0.350 e. The van der Waals surface area contributed by atoms with E-state index in [1.807, 2.05) is 35.1 Å². The van der Waals surface area contributed by atoms with E-state index >= 15 is 0 Å². The Hall–Kier alpha value is -2.96. The number of hydrogen-bond acceptors (Lipinski definition) is 6. The lowest BCUT2D eigenvalue weighted by Crippen LogP contribution is -2.28. The summed E-state index contributed by atoms with van der Waals surface area (Å²) in [4.78, 5) is 15.8. The van der Waals surface area contributed by atoms with Gasteiger partial charge in [-0.2, -0.15) is 10.1 Å². The Balaban J connectivity index is 1.46. The number of aromatic nitrogens is 5. The highest BCUT2D eigenvalue weighted by Gasteiger charge is 2.26. The molecule has 1 fully saturated rings. The summed E-state index contributed by atoms with van der Waals surface area (Å²) in [6.45, 7) is 5.97. The number of rotatable bonds is 5. The van der Waals surface area contributed by atoms with Crippen molar-refractivity contribution in [3.05, 3.63) is 48.9 Å². The molecule has 2 aromatic heterocycles. The van der Waals surface area contributed by atoms with Gasteiger partial charge in [-0.3, -0.25) is 0 Å². The molecule has 1 saturated heterocycles. The Bertz CT molecular complexity index is 859. The highest BCUT2D eigenvalue weighted by atomic mass is 15.4. The van der Waals surface area contributed by atoms with Crippen molar-refractivity contribution in [2.75, 3.05) is 23.3 Å². The van der Waals surface area contributed by atoms with Crippen molar-refractivity contribution >= 4 is 11.9 Å². The smallest absolute Gasteiger partial charge is 0.225 e. The molecular formula is C19H23N7. The molecule has 1 unspecified atom stereocenters. The maximum atomic E-state index is 4.76. The fourth-order valence-corrected chi connectivity index (χ4v) is 3.24. The topological polar surface area (TPSA) is 71.8 Å². The highest BCUT2D eigenvalue weighted by Crippen LogP contribution is 2.22. The molecule has 26 heavy (non-hydrogen) atoms. The standard InChI is InChI=1S/C19H23N7/c1-14(2)26-19(21-13-22-26)23-16-9-11-25(12-16)18-20-10-8-17(24-18)15-6-4-3-5-7-15/h3-8,10,13-14,16H,9,11-12H2,1-2H3,(H,21,22,23). The van der Waals surface area contributed by atoms with Gasteiger partial charge in [0.25, 0.3) is 0 Å². The second-order valence-electron chi connectivity index (χ2n) is 6.81. The fourth-order valence-electron chi connectivity index (χ4n) is 3.24. The Morgan fingerprint density at radius 2 is 1.96 bits per heavy atom. The predicted octanol–water partition coefficient (Wildman–Crippen LogP) is 3.01. The van der Waals surface area contributed by atoms with E-state index in [4.69, 9.17) is 4.98 Å². The highest BCUT2D eigenvalue weighted by molar-refractivity contribution is 5.60. The average molecular weight is 349 g/mol. The predicted molar refractivity (Wildman–Crippen MR) is 102 cm³/mol. The Kier molecular flexibility index (Phi) is 4.51. The van der Waals surface area contributed by atoms with Crippen LogP contribution in [0.3, 0.4) is 0 Å². The van der Waals surface area contributed by atoms with Crippen LogP contribution >= 0.6 is 0 Å². The van der Waals surface area contributed by atoms with Gasteiger partial charge in [0.05, 0.1) is 11.7 Å². The molecule has 134 valence electrons. The van der Waals surface area contributed by atoms with E-state index in [9.17, 15) is 0 Å². The molecule has 0 spiro atoms. The van der Waals surface area contributed by atoms with E-state index in [0.29, 0.717) is 6.04 Å². The van der Waals surface area contributed by atoms with Crippen LogP contribution in [0.4, 0.5) is 11.9 Å². The zero-order valence-corrected chi connectivity index (χ0v) is 15.1. The van der Waals surface area contributed by atoms with Gasteiger partial charge in [0, 0.05) is 30.9 Å². The molecule has 0 radical (unpaired) electrons. The van der Waals surface area contributed by atoms with Crippen LogP contribution in [0, 0.1) is 0 Å². The second kappa shape index (κ2) is 7.11. The van der Waals surface area contributed by atoms with Crippen LogP contribution in [0.2, 0.25) is 0 Å². The third-order valence-corrected chi connectivity index (χ3v) is 4.58. The molecular weight excluding hydrogens is 326 g/mol. The van der Waals surface area contributed by atoms with Gasteiger partial charge in [0.2, 0.25) is 11.9 Å². The Morgan fingerprint density at radius 1 is 1.12 bits per heavy atom. The molecule has 0 amide bonds. The molecule has 0 saturated carbocycles. The van der Waals surface area contributed by atoms with Crippen LogP contribution in [0.15, 0.2) is 48.9 Å². The van der Waals surface area contributed by atoms with Crippen molar-refractivity contribution in [3.8, 4) is 11.3 Å². The second-order valence-corrected chi connectivity index (χ2v) is 6.81. The maximum Gasteiger partial charge on any atom is 0.225 e. The minimum absolute atomic E-state index is 0.281. The molecule has 1 aliphatic rings. The lowest BCUT2D eigenvalue weighted by atomic mass is 10.1. The molecule has 1 aromatic carbocycles. The monoisotopic (exact) mass is 349 g/mol.